The van der Waals surface area contributed by atoms with Crippen molar-refractivity contribution in [1.82, 2.24) is 42.1 Å². The zero-order valence-corrected chi connectivity index (χ0v) is 49.5. The van der Waals surface area contributed by atoms with Crippen molar-refractivity contribution in [1.29, 1.82) is 0 Å². The molecule has 9 atom stereocenters. The molecule has 0 saturated carbocycles. The minimum absolute atomic E-state index is 0.0150. The first-order chi connectivity index (χ1) is 40.7. The van der Waals surface area contributed by atoms with Crippen LogP contribution in [0.1, 0.15) is 48.4 Å². The van der Waals surface area contributed by atoms with Crippen LogP contribution in [0.3, 0.4) is 0 Å². The number of primary amides is 1. The van der Waals surface area contributed by atoms with Crippen molar-refractivity contribution in [2.24, 2.45) is 17.2 Å². The fourth-order valence-electron chi connectivity index (χ4n) is 9.17. The Kier molecular flexibility index (Phi) is 26.9. The van der Waals surface area contributed by atoms with E-state index in [1.54, 1.807) is 48.5 Å². The van der Waals surface area contributed by atoms with Crippen LogP contribution in [0.2, 0.25) is 5.02 Å². The van der Waals surface area contributed by atoms with Gasteiger partial charge in [-0.2, -0.15) is 0 Å². The number of hydrogen-bond acceptors (Lipinski definition) is 18. The van der Waals surface area contributed by atoms with Gasteiger partial charge in [-0.05, 0) is 110 Å². The fourth-order valence-corrected chi connectivity index (χ4v) is 11.6. The molecule has 2 heterocycles. The molecule has 0 aromatic heterocycles. The van der Waals surface area contributed by atoms with Gasteiger partial charge in [-0.1, -0.05) is 81.7 Å². The lowest BCUT2D eigenvalue weighted by Gasteiger charge is -2.29. The molecule has 2 fully saturated rings. The van der Waals surface area contributed by atoms with Gasteiger partial charge in [0.1, 0.15) is 53.8 Å². The Morgan fingerprint density at radius 1 is 0.694 bits per heavy atom. The number of carbonyl (C=O) groups excluding carboxylic acids is 8. The number of phenols is 2. The summed E-state index contributed by atoms with van der Waals surface area (Å²) in [4.78, 5) is 117. The fraction of sp³-hybridized carbons (Fsp3) is 0.448. The summed E-state index contributed by atoms with van der Waals surface area (Å²) in [5.41, 5.74) is 21.1. The number of benzene rings is 4. The van der Waals surface area contributed by atoms with Gasteiger partial charge in [-0.25, -0.2) is 0 Å². The van der Waals surface area contributed by atoms with Crippen LogP contribution in [-0.4, -0.2) is 179 Å². The molecule has 0 spiro atoms. The van der Waals surface area contributed by atoms with Crippen LogP contribution in [0.25, 0.3) is 0 Å². The predicted molar refractivity (Wildman–Crippen MR) is 325 cm³/mol. The highest BCUT2D eigenvalue weighted by Gasteiger charge is 2.36. The van der Waals surface area contributed by atoms with Gasteiger partial charge in [0.15, 0.2) is 0 Å². The van der Waals surface area contributed by atoms with E-state index in [1.807, 2.05) is 12.1 Å². The van der Waals surface area contributed by atoms with Crippen molar-refractivity contribution in [2.45, 2.75) is 106 Å². The number of aliphatic hydroxyl groups is 1. The molecular formula is C58H77ClN12O12S2. The zero-order chi connectivity index (χ0) is 61.4. The van der Waals surface area contributed by atoms with E-state index in [0.717, 1.165) is 46.9 Å². The van der Waals surface area contributed by atoms with Gasteiger partial charge < -0.3 is 79.8 Å². The van der Waals surface area contributed by atoms with Crippen molar-refractivity contribution in [3.05, 3.63) is 124 Å². The number of anilines is 1. The maximum absolute atomic E-state index is 14.9. The lowest BCUT2D eigenvalue weighted by Crippen LogP contribution is -2.62. The standard InChI is InChI=1S/C58H77ClN12O12S2/c1-34(72)50-58(82)69-49(56(80)65-45(51(62)75)29-37-9-17-41(73)18-10-37)33-85-84-32-48(68-52(76)43(61)28-35-5-13-39(59)14-6-35)57(81)67-47(31-38-11-19-42(74)20-12-38)55(79)66-46(54(78)64-44(53(77)70-50)4-2-3-21-60)30-36-7-15-40(16-8-36)63-22-23-71-24-26-83-27-25-71/h5-20,34,43-50,63,72-74H,2-4,21-33,60-61H2,1H3,(H2,62,75)(H,64,78)(H,65,80)(H,66,79)(H,67,81)(H,68,76)(H,69,82)(H,70,77)/t34?,43-,44-,45+,46+,47-,48+,49-,50?/m0/s1. The number of nitrogens with zero attached hydrogens (tertiary/aromatic N) is 1. The number of morpholine rings is 1. The summed E-state index contributed by atoms with van der Waals surface area (Å²) >= 11 is 6.10. The normalized spacial score (nSPS) is 21.7. The van der Waals surface area contributed by atoms with E-state index < -0.39 is 102 Å². The number of rotatable bonds is 22. The summed E-state index contributed by atoms with van der Waals surface area (Å²) in [6.45, 7) is 5.87. The number of phenolic OH excluding ortho intramolecular Hbond substituents is 2. The molecule has 2 unspecified atom stereocenters. The molecule has 17 N–H and O–H groups in total. The maximum Gasteiger partial charge on any atom is 0.245 e. The molecule has 27 heteroatoms. The van der Waals surface area contributed by atoms with Crippen LogP contribution in [0, 0.1) is 0 Å². The summed E-state index contributed by atoms with van der Waals surface area (Å²) in [6.07, 6.45) is -1.26. The largest absolute Gasteiger partial charge is 0.508 e. The highest BCUT2D eigenvalue weighted by atomic mass is 35.5. The van der Waals surface area contributed by atoms with E-state index >= 15 is 0 Å². The second-order valence-electron chi connectivity index (χ2n) is 20.8. The summed E-state index contributed by atoms with van der Waals surface area (Å²) in [5, 5.41) is 53.7. The quantitative estimate of drug-likeness (QED) is 0.0360. The molecular weight excluding hydrogens is 1160 g/mol. The van der Waals surface area contributed by atoms with E-state index in [-0.39, 0.29) is 61.7 Å². The summed E-state index contributed by atoms with van der Waals surface area (Å²) in [6, 6.07) is 14.1. The lowest BCUT2D eigenvalue weighted by atomic mass is 10.0. The van der Waals surface area contributed by atoms with Crippen LogP contribution in [0.4, 0.5) is 5.69 Å². The third-order valence-electron chi connectivity index (χ3n) is 14.1. The Labute approximate surface area is 506 Å². The van der Waals surface area contributed by atoms with Crippen LogP contribution >= 0.6 is 33.2 Å². The van der Waals surface area contributed by atoms with E-state index in [9.17, 15) is 53.7 Å². The third-order valence-corrected chi connectivity index (χ3v) is 16.8. The Balaban J connectivity index is 1.36. The third kappa shape index (κ3) is 22.3. The topological polar surface area (TPSA) is 384 Å². The van der Waals surface area contributed by atoms with Crippen molar-refractivity contribution in [2.75, 3.05) is 62.8 Å². The van der Waals surface area contributed by atoms with Crippen molar-refractivity contribution in [3.8, 4) is 11.5 Å². The number of hydrogen-bond donors (Lipinski definition) is 14. The smallest absolute Gasteiger partial charge is 0.245 e. The number of aromatic hydroxyl groups is 2. The van der Waals surface area contributed by atoms with Crippen molar-refractivity contribution >= 4 is 86.1 Å². The molecule has 8 amide bonds. The molecule has 0 radical (unpaired) electrons. The highest BCUT2D eigenvalue weighted by molar-refractivity contribution is 8.76. The van der Waals surface area contributed by atoms with E-state index in [4.69, 9.17) is 33.5 Å². The molecule has 0 bridgehead atoms. The van der Waals surface area contributed by atoms with E-state index in [2.05, 4.69) is 47.4 Å². The Hall–Kier alpha value is -7.17. The van der Waals surface area contributed by atoms with Crippen LogP contribution < -0.4 is 59.7 Å². The minimum Gasteiger partial charge on any atom is -0.508 e. The van der Waals surface area contributed by atoms with Crippen LogP contribution in [0.5, 0.6) is 11.5 Å². The van der Waals surface area contributed by atoms with Crippen molar-refractivity contribution in [3.63, 3.8) is 0 Å². The van der Waals surface area contributed by atoms with Gasteiger partial charge in [0, 0.05) is 67.7 Å². The number of carbonyl (C=O) groups is 8. The number of ether oxygens (including phenoxy) is 1. The summed E-state index contributed by atoms with van der Waals surface area (Å²) in [7, 11) is 1.95. The molecule has 4 aromatic carbocycles. The summed E-state index contributed by atoms with van der Waals surface area (Å²) < 4.78 is 5.46. The molecule has 460 valence electrons. The van der Waals surface area contributed by atoms with E-state index in [0.29, 0.717) is 59.9 Å². The second-order valence-corrected chi connectivity index (χ2v) is 23.8. The first kappa shape index (κ1) is 67.0. The first-order valence-corrected chi connectivity index (χ1v) is 30.8. The van der Waals surface area contributed by atoms with Crippen molar-refractivity contribution < 1.29 is 58.4 Å². The number of nitrogens with two attached hydrogens (primary N) is 3. The first-order valence-electron chi connectivity index (χ1n) is 28.0. The van der Waals surface area contributed by atoms with Gasteiger partial charge in [-0.3, -0.25) is 43.3 Å². The van der Waals surface area contributed by atoms with Crippen LogP contribution in [-0.2, 0) is 68.8 Å². The molecule has 85 heavy (non-hydrogen) atoms. The van der Waals surface area contributed by atoms with Gasteiger partial charge in [0.05, 0.1) is 25.4 Å². The van der Waals surface area contributed by atoms with E-state index in [1.165, 1.54) is 43.3 Å². The molecule has 2 aliphatic rings. The number of aliphatic hydroxyl groups excluding tert-OH is 1. The molecule has 24 nitrogen and oxygen atoms in total. The molecule has 0 aliphatic carbocycles. The number of unbranched alkanes of at least 4 members (excludes halogenated alkanes) is 1. The highest BCUT2D eigenvalue weighted by Crippen LogP contribution is 2.25. The second kappa shape index (κ2) is 34.1. The van der Waals surface area contributed by atoms with Gasteiger partial charge >= 0.3 is 0 Å². The zero-order valence-electron chi connectivity index (χ0n) is 47.1. The minimum atomic E-state index is -1.73. The number of nitrogens with one attached hydrogen (secondary N) is 8. The molecule has 6 rings (SSSR count). The average Bonchev–Trinajstić information content (AvgIpc) is 3.67. The number of halogens is 1. The summed E-state index contributed by atoms with van der Waals surface area (Å²) in [5.74, 6) is -7.69. The van der Waals surface area contributed by atoms with Gasteiger partial charge in [0.25, 0.3) is 0 Å². The maximum atomic E-state index is 14.9. The molecule has 2 saturated heterocycles. The molecule has 4 aromatic rings. The molecule has 2 aliphatic heterocycles. The Morgan fingerprint density at radius 2 is 1.22 bits per heavy atom. The monoisotopic (exact) mass is 1230 g/mol. The predicted octanol–water partition coefficient (Wildman–Crippen LogP) is -0.123. The number of amides is 8. The van der Waals surface area contributed by atoms with Crippen LogP contribution in [0.15, 0.2) is 97.1 Å². The SMILES string of the molecule is CC(O)C1NC(=O)[C@H](CCCCN)NC(=O)[C@@H](Cc2ccc(NCCN3CCOCC3)cc2)NC(=O)[C@H](Cc2ccc(O)cc2)NC(=O)[C@H](NC(=O)[C@@H](N)Cc2ccc(Cl)cc2)CSSC[C@@H](C(=O)N[C@H](Cc2ccc(O)cc2)C(N)=O)NC1=O. The van der Waals surface area contributed by atoms with Gasteiger partial charge in [0.2, 0.25) is 47.3 Å². The lowest BCUT2D eigenvalue weighted by molar-refractivity contribution is -0.136. The van der Waals surface area contributed by atoms with Gasteiger partial charge in [-0.15, -0.1) is 0 Å². The Bertz CT molecular complexity index is 2860. The average molecular weight is 1230 g/mol. The Morgan fingerprint density at radius 3 is 1.81 bits per heavy atom.